The van der Waals surface area contributed by atoms with Crippen LogP contribution in [0.1, 0.15) is 37.5 Å². The first-order chi connectivity index (χ1) is 9.63. The molecule has 2 N–H and O–H groups in total. The molecule has 1 aromatic heterocycles. The number of aromatic nitrogens is 2. The summed E-state index contributed by atoms with van der Waals surface area (Å²) in [6.07, 6.45) is 3.64. The second kappa shape index (κ2) is 5.28. The molecule has 6 heteroatoms. The van der Waals surface area contributed by atoms with E-state index in [4.69, 9.17) is 10.3 Å². The average molecular weight is 279 g/mol. The van der Waals surface area contributed by atoms with Crippen molar-refractivity contribution in [3.05, 3.63) is 35.7 Å². The molecule has 1 aromatic carbocycles. The molecule has 106 valence electrons. The Kier molecular flexibility index (Phi) is 3.48. The van der Waals surface area contributed by atoms with Crippen molar-refractivity contribution in [1.82, 2.24) is 10.1 Å². The van der Waals surface area contributed by atoms with Crippen molar-refractivity contribution in [2.45, 2.75) is 37.6 Å². The molecule has 0 atom stereocenters. The fraction of sp³-hybridized carbons (Fsp3) is 0.429. The van der Waals surface area contributed by atoms with Gasteiger partial charge in [-0.05, 0) is 37.8 Å². The molecule has 2 aromatic rings. The minimum atomic E-state index is -0.692. The van der Waals surface area contributed by atoms with E-state index in [2.05, 4.69) is 10.1 Å². The van der Waals surface area contributed by atoms with E-state index >= 15 is 0 Å². The van der Waals surface area contributed by atoms with Crippen LogP contribution in [-0.4, -0.2) is 16.2 Å². The number of nitrogens with zero attached hydrogens (tertiary/aromatic N) is 2. The molecule has 0 spiro atoms. The van der Waals surface area contributed by atoms with Gasteiger partial charge in [0.1, 0.15) is 11.6 Å². The maximum atomic E-state index is 13.7. The Morgan fingerprint density at radius 3 is 2.60 bits per heavy atom. The van der Waals surface area contributed by atoms with Gasteiger partial charge in [-0.2, -0.15) is 4.98 Å². The van der Waals surface area contributed by atoms with Gasteiger partial charge < -0.3 is 10.3 Å². The van der Waals surface area contributed by atoms with Crippen LogP contribution in [0.3, 0.4) is 0 Å². The molecule has 0 saturated heterocycles. The zero-order valence-corrected chi connectivity index (χ0v) is 10.9. The van der Waals surface area contributed by atoms with Gasteiger partial charge in [0.2, 0.25) is 11.7 Å². The molecule has 3 rings (SSSR count). The highest BCUT2D eigenvalue weighted by atomic mass is 19.1. The van der Waals surface area contributed by atoms with Crippen LogP contribution in [-0.2, 0) is 0 Å². The molecule has 1 saturated carbocycles. The summed E-state index contributed by atoms with van der Waals surface area (Å²) in [6, 6.07) is 3.54. The van der Waals surface area contributed by atoms with Crippen LogP contribution in [0, 0.1) is 11.6 Å². The van der Waals surface area contributed by atoms with E-state index < -0.39 is 11.6 Å². The lowest BCUT2D eigenvalue weighted by Crippen LogP contribution is -2.25. The van der Waals surface area contributed by atoms with Gasteiger partial charge in [-0.15, -0.1) is 0 Å². The quantitative estimate of drug-likeness (QED) is 0.917. The van der Waals surface area contributed by atoms with Crippen LogP contribution >= 0.6 is 0 Å². The molecule has 0 bridgehead atoms. The van der Waals surface area contributed by atoms with Crippen LogP contribution in [0.2, 0.25) is 0 Å². The summed E-state index contributed by atoms with van der Waals surface area (Å²) in [5.41, 5.74) is 6.00. The van der Waals surface area contributed by atoms with Gasteiger partial charge in [0.05, 0.1) is 5.56 Å². The molecule has 1 aliphatic carbocycles. The Hall–Kier alpha value is -1.82. The maximum Gasteiger partial charge on any atom is 0.230 e. The van der Waals surface area contributed by atoms with E-state index in [0.717, 1.165) is 31.7 Å². The summed E-state index contributed by atoms with van der Waals surface area (Å²) in [5.74, 6) is -0.471. The molecule has 0 radical (unpaired) electrons. The first-order valence-corrected chi connectivity index (χ1v) is 6.68. The third-order valence-electron chi connectivity index (χ3n) is 3.73. The molecule has 0 amide bonds. The molecule has 1 fully saturated rings. The fourth-order valence-corrected chi connectivity index (χ4v) is 2.55. The van der Waals surface area contributed by atoms with Crippen molar-refractivity contribution in [2.75, 3.05) is 0 Å². The van der Waals surface area contributed by atoms with Crippen molar-refractivity contribution >= 4 is 0 Å². The first kappa shape index (κ1) is 13.2. The van der Waals surface area contributed by atoms with E-state index in [1.807, 2.05) is 0 Å². The highest BCUT2D eigenvalue weighted by Crippen LogP contribution is 2.32. The van der Waals surface area contributed by atoms with Gasteiger partial charge in [0.25, 0.3) is 0 Å². The Labute approximate surface area is 115 Å². The summed E-state index contributed by atoms with van der Waals surface area (Å²) < 4.78 is 31.8. The minimum Gasteiger partial charge on any atom is -0.339 e. The third kappa shape index (κ3) is 2.56. The van der Waals surface area contributed by atoms with Crippen molar-refractivity contribution in [3.8, 4) is 11.4 Å². The lowest BCUT2D eigenvalue weighted by atomic mass is 9.86. The number of rotatable bonds is 2. The van der Waals surface area contributed by atoms with Gasteiger partial charge in [-0.1, -0.05) is 5.16 Å². The number of hydrogen-bond acceptors (Lipinski definition) is 4. The second-order valence-electron chi connectivity index (χ2n) is 5.19. The Morgan fingerprint density at radius 2 is 1.90 bits per heavy atom. The Balaban J connectivity index is 1.83. The van der Waals surface area contributed by atoms with E-state index in [9.17, 15) is 8.78 Å². The maximum absolute atomic E-state index is 13.7. The number of nitrogens with two attached hydrogens (primary N) is 1. The molecule has 1 aliphatic rings. The van der Waals surface area contributed by atoms with Crippen LogP contribution in [0.25, 0.3) is 11.4 Å². The monoisotopic (exact) mass is 279 g/mol. The highest BCUT2D eigenvalue weighted by Gasteiger charge is 2.25. The Morgan fingerprint density at radius 1 is 1.15 bits per heavy atom. The predicted octanol–water partition coefficient (Wildman–Crippen LogP) is 3.00. The molecular formula is C14H15F2N3O. The van der Waals surface area contributed by atoms with Gasteiger partial charge in [0.15, 0.2) is 0 Å². The second-order valence-corrected chi connectivity index (χ2v) is 5.19. The third-order valence-corrected chi connectivity index (χ3v) is 3.73. The van der Waals surface area contributed by atoms with Crippen molar-refractivity contribution in [1.29, 1.82) is 0 Å². The molecule has 1 heterocycles. The fourth-order valence-electron chi connectivity index (χ4n) is 2.55. The van der Waals surface area contributed by atoms with Crippen LogP contribution in [0.5, 0.6) is 0 Å². The lowest BCUT2D eigenvalue weighted by molar-refractivity contribution is 0.301. The zero-order chi connectivity index (χ0) is 14.1. The van der Waals surface area contributed by atoms with E-state index in [0.29, 0.717) is 5.89 Å². The summed E-state index contributed by atoms with van der Waals surface area (Å²) >= 11 is 0. The standard InChI is InChI=1S/C14H15F2N3O/c15-9-3-6-11(12(16)7-9)13-18-14(20-19-13)8-1-4-10(17)5-2-8/h3,6-8,10H,1-2,4-5,17H2. The van der Waals surface area contributed by atoms with Gasteiger partial charge in [-0.25, -0.2) is 8.78 Å². The number of benzene rings is 1. The van der Waals surface area contributed by atoms with Gasteiger partial charge in [-0.3, -0.25) is 0 Å². The van der Waals surface area contributed by atoms with Crippen LogP contribution in [0.4, 0.5) is 8.78 Å². The van der Waals surface area contributed by atoms with Gasteiger partial charge in [0, 0.05) is 18.0 Å². The zero-order valence-electron chi connectivity index (χ0n) is 10.9. The first-order valence-electron chi connectivity index (χ1n) is 6.68. The van der Waals surface area contributed by atoms with Gasteiger partial charge >= 0.3 is 0 Å². The summed E-state index contributed by atoms with van der Waals surface area (Å²) in [6.45, 7) is 0. The smallest absolute Gasteiger partial charge is 0.230 e. The molecule has 20 heavy (non-hydrogen) atoms. The van der Waals surface area contributed by atoms with Crippen molar-refractivity contribution in [2.24, 2.45) is 5.73 Å². The molecule has 0 unspecified atom stereocenters. The SMILES string of the molecule is NC1CCC(c2nc(-c3ccc(F)cc3F)no2)CC1. The normalized spacial score (nSPS) is 22.9. The van der Waals surface area contributed by atoms with E-state index in [1.165, 1.54) is 12.1 Å². The summed E-state index contributed by atoms with van der Waals surface area (Å²) in [4.78, 5) is 4.24. The number of hydrogen-bond donors (Lipinski definition) is 1. The van der Waals surface area contributed by atoms with Crippen LogP contribution < -0.4 is 5.73 Å². The summed E-state index contributed by atoms with van der Waals surface area (Å²) in [7, 11) is 0. The van der Waals surface area contributed by atoms with Crippen LogP contribution in [0.15, 0.2) is 22.7 Å². The van der Waals surface area contributed by atoms with Crippen molar-refractivity contribution < 1.29 is 13.3 Å². The lowest BCUT2D eigenvalue weighted by Gasteiger charge is -2.22. The van der Waals surface area contributed by atoms with E-state index in [1.54, 1.807) is 0 Å². The Bertz CT molecular complexity index is 606. The van der Waals surface area contributed by atoms with E-state index in [-0.39, 0.29) is 23.3 Å². The van der Waals surface area contributed by atoms with Crippen molar-refractivity contribution in [3.63, 3.8) is 0 Å². The molecule has 0 aliphatic heterocycles. The average Bonchev–Trinajstić information content (AvgIpc) is 2.89. The minimum absolute atomic E-state index is 0.147. The highest BCUT2D eigenvalue weighted by molar-refractivity contribution is 5.55. The molecule has 4 nitrogen and oxygen atoms in total. The largest absolute Gasteiger partial charge is 0.339 e. The summed E-state index contributed by atoms with van der Waals surface area (Å²) in [5, 5.41) is 3.79. The topological polar surface area (TPSA) is 64.9 Å². The predicted molar refractivity (Wildman–Crippen MR) is 68.8 cm³/mol. The number of halogens is 2. The molecular weight excluding hydrogens is 264 g/mol.